The standard InChI is InChI=1S/C24H21N7O6S/c1-12-7-17(30-8-14(9-30)22(34)28-16-5-4-6-18(27-16)36-3)29-21-19(12)20(33)15(23(35)37-13(2)32)10-31(21)24-25-11-26-38-24/h4-7,10-11,14H,8-9H2,1-3H3,(H,27,28,34). The zero-order valence-electron chi connectivity index (χ0n) is 20.5. The van der Waals surface area contributed by atoms with E-state index in [-0.39, 0.29) is 28.4 Å². The lowest BCUT2D eigenvalue weighted by Crippen LogP contribution is -2.52. The van der Waals surface area contributed by atoms with Crippen molar-refractivity contribution in [2.24, 2.45) is 5.92 Å². The molecule has 1 aliphatic rings. The first-order valence-corrected chi connectivity index (χ1v) is 12.2. The third-order valence-electron chi connectivity index (χ3n) is 5.91. The molecule has 4 aromatic heterocycles. The third kappa shape index (κ3) is 4.68. The molecule has 0 aromatic carbocycles. The minimum atomic E-state index is -1.06. The van der Waals surface area contributed by atoms with Crippen LogP contribution in [0.15, 0.2) is 41.6 Å². The Labute approximate surface area is 219 Å². The fraction of sp³-hybridized carbons (Fsp3) is 0.250. The largest absolute Gasteiger partial charge is 0.481 e. The molecule has 38 heavy (non-hydrogen) atoms. The van der Waals surface area contributed by atoms with Gasteiger partial charge in [0.25, 0.3) is 0 Å². The number of hydrogen-bond donors (Lipinski definition) is 1. The average molecular weight is 536 g/mol. The number of amides is 1. The van der Waals surface area contributed by atoms with Gasteiger partial charge in [-0.05, 0) is 24.6 Å². The van der Waals surface area contributed by atoms with E-state index in [1.54, 1.807) is 31.2 Å². The predicted octanol–water partition coefficient (Wildman–Crippen LogP) is 1.73. The Morgan fingerprint density at radius 3 is 2.66 bits per heavy atom. The van der Waals surface area contributed by atoms with Gasteiger partial charge < -0.3 is 19.7 Å². The number of nitrogens with one attached hydrogen (secondary N) is 1. The van der Waals surface area contributed by atoms with Crippen molar-refractivity contribution >= 4 is 52.0 Å². The molecule has 0 spiro atoms. The Balaban J connectivity index is 1.45. The zero-order chi connectivity index (χ0) is 27.0. The van der Waals surface area contributed by atoms with Crippen LogP contribution in [0.4, 0.5) is 11.6 Å². The summed E-state index contributed by atoms with van der Waals surface area (Å²) in [5.41, 5.74) is -0.128. The number of hydrogen-bond acceptors (Lipinski definition) is 12. The van der Waals surface area contributed by atoms with Crippen LogP contribution < -0.4 is 20.4 Å². The van der Waals surface area contributed by atoms with Gasteiger partial charge in [-0.1, -0.05) is 6.07 Å². The maximum absolute atomic E-state index is 13.2. The van der Waals surface area contributed by atoms with Crippen LogP contribution in [0.1, 0.15) is 22.8 Å². The monoisotopic (exact) mass is 535 g/mol. The Morgan fingerprint density at radius 2 is 1.97 bits per heavy atom. The van der Waals surface area contributed by atoms with E-state index in [0.717, 1.165) is 18.5 Å². The number of nitrogens with zero attached hydrogens (tertiary/aromatic N) is 6. The minimum Gasteiger partial charge on any atom is -0.481 e. The smallest absolute Gasteiger partial charge is 0.351 e. The number of fused-ring (bicyclic) bond motifs is 1. The van der Waals surface area contributed by atoms with Crippen molar-refractivity contribution in [1.82, 2.24) is 23.9 Å². The molecule has 0 bridgehead atoms. The van der Waals surface area contributed by atoms with Crippen molar-refractivity contribution in [2.75, 3.05) is 30.4 Å². The molecule has 0 atom stereocenters. The van der Waals surface area contributed by atoms with Gasteiger partial charge in [-0.3, -0.25) is 19.0 Å². The second-order valence-electron chi connectivity index (χ2n) is 8.50. The first-order chi connectivity index (χ1) is 18.2. The molecule has 13 nitrogen and oxygen atoms in total. The zero-order valence-corrected chi connectivity index (χ0v) is 21.3. The summed E-state index contributed by atoms with van der Waals surface area (Å²) < 4.78 is 15.2. The van der Waals surface area contributed by atoms with Gasteiger partial charge in [0.05, 0.1) is 18.4 Å². The van der Waals surface area contributed by atoms with Crippen molar-refractivity contribution in [3.05, 3.63) is 58.1 Å². The SMILES string of the molecule is COc1cccc(NC(=O)C2CN(c3cc(C)c4c(=O)c(C(=O)OC(C)=O)cn(-c5ncns5)c4n3)C2)n1. The fourth-order valence-corrected chi connectivity index (χ4v) is 4.56. The van der Waals surface area contributed by atoms with Gasteiger partial charge in [-0.2, -0.15) is 9.36 Å². The molecular formula is C24H21N7O6S. The summed E-state index contributed by atoms with van der Waals surface area (Å²) in [5, 5.41) is 3.34. The number of ether oxygens (including phenoxy) is 2. The lowest BCUT2D eigenvalue weighted by Gasteiger charge is -2.39. The van der Waals surface area contributed by atoms with Crippen molar-refractivity contribution < 1.29 is 23.9 Å². The Kier molecular flexibility index (Phi) is 6.55. The molecule has 1 N–H and O–H groups in total. The number of rotatable bonds is 6. The van der Waals surface area contributed by atoms with Crippen molar-refractivity contribution in [3.8, 4) is 11.0 Å². The quantitative estimate of drug-likeness (QED) is 0.283. The maximum Gasteiger partial charge on any atom is 0.351 e. The number of methoxy groups -OCH3 is 1. The lowest BCUT2D eigenvalue weighted by molar-refractivity contribution is -0.135. The molecule has 0 unspecified atom stereocenters. The van der Waals surface area contributed by atoms with E-state index < -0.39 is 17.4 Å². The normalized spacial score (nSPS) is 13.2. The van der Waals surface area contributed by atoms with Crippen LogP contribution in [0.2, 0.25) is 0 Å². The molecule has 1 aliphatic heterocycles. The molecule has 0 radical (unpaired) electrons. The summed E-state index contributed by atoms with van der Waals surface area (Å²) in [7, 11) is 1.50. The minimum absolute atomic E-state index is 0.181. The number of esters is 2. The summed E-state index contributed by atoms with van der Waals surface area (Å²) >= 11 is 1.04. The van der Waals surface area contributed by atoms with E-state index in [0.29, 0.717) is 41.3 Å². The van der Waals surface area contributed by atoms with Crippen LogP contribution in [0, 0.1) is 12.8 Å². The molecule has 0 saturated carbocycles. The van der Waals surface area contributed by atoms with Gasteiger partial charge >= 0.3 is 11.9 Å². The van der Waals surface area contributed by atoms with Gasteiger partial charge in [0.1, 0.15) is 23.5 Å². The predicted molar refractivity (Wildman–Crippen MR) is 137 cm³/mol. The number of carbonyl (C=O) groups excluding carboxylic acids is 3. The molecule has 4 aromatic rings. The van der Waals surface area contributed by atoms with Crippen LogP contribution >= 0.6 is 11.5 Å². The summed E-state index contributed by atoms with van der Waals surface area (Å²) in [5.74, 6) is -1.03. The van der Waals surface area contributed by atoms with E-state index in [1.807, 2.05) is 4.90 Å². The number of carbonyl (C=O) groups is 3. The Bertz CT molecular complexity index is 1630. The number of aryl methyl sites for hydroxylation is 1. The summed E-state index contributed by atoms with van der Waals surface area (Å²) in [6, 6.07) is 6.81. The topological polar surface area (TPSA) is 158 Å². The first-order valence-electron chi connectivity index (χ1n) is 11.4. The summed E-state index contributed by atoms with van der Waals surface area (Å²) in [6.45, 7) is 3.60. The summed E-state index contributed by atoms with van der Waals surface area (Å²) in [6.07, 6.45) is 2.59. The van der Waals surface area contributed by atoms with Crippen molar-refractivity contribution in [1.29, 1.82) is 0 Å². The molecule has 1 fully saturated rings. The van der Waals surface area contributed by atoms with Crippen molar-refractivity contribution in [3.63, 3.8) is 0 Å². The number of anilines is 2. The van der Waals surface area contributed by atoms with Crippen LogP contribution in [-0.4, -0.2) is 61.9 Å². The second-order valence-corrected chi connectivity index (χ2v) is 9.26. The van der Waals surface area contributed by atoms with Gasteiger partial charge in [0.15, 0.2) is 5.65 Å². The maximum atomic E-state index is 13.2. The van der Waals surface area contributed by atoms with Gasteiger partial charge in [-0.15, -0.1) is 0 Å². The van der Waals surface area contributed by atoms with Crippen LogP contribution in [0.3, 0.4) is 0 Å². The van der Waals surface area contributed by atoms with E-state index in [1.165, 1.54) is 24.2 Å². The van der Waals surface area contributed by atoms with Gasteiger partial charge in [0.2, 0.25) is 22.3 Å². The number of pyridine rings is 3. The van der Waals surface area contributed by atoms with Gasteiger partial charge in [0, 0.05) is 43.8 Å². The molecular weight excluding hydrogens is 514 g/mol. The highest BCUT2D eigenvalue weighted by Gasteiger charge is 2.34. The highest BCUT2D eigenvalue weighted by molar-refractivity contribution is 7.08. The number of aromatic nitrogens is 5. The van der Waals surface area contributed by atoms with E-state index >= 15 is 0 Å². The van der Waals surface area contributed by atoms with Crippen LogP contribution in [0.5, 0.6) is 5.88 Å². The van der Waals surface area contributed by atoms with E-state index in [9.17, 15) is 19.2 Å². The molecule has 14 heteroatoms. The molecule has 0 aliphatic carbocycles. The highest BCUT2D eigenvalue weighted by Crippen LogP contribution is 2.29. The van der Waals surface area contributed by atoms with Crippen LogP contribution in [-0.2, 0) is 14.3 Å². The molecule has 1 saturated heterocycles. The van der Waals surface area contributed by atoms with Gasteiger partial charge in [-0.25, -0.2) is 14.8 Å². The highest BCUT2D eigenvalue weighted by atomic mass is 32.1. The molecule has 5 heterocycles. The third-order valence-corrected chi connectivity index (χ3v) is 6.58. The second kappa shape index (κ2) is 9.97. The molecule has 5 rings (SSSR count). The van der Waals surface area contributed by atoms with E-state index in [4.69, 9.17) is 4.74 Å². The molecule has 1 amide bonds. The van der Waals surface area contributed by atoms with E-state index in [2.05, 4.69) is 29.4 Å². The lowest BCUT2D eigenvalue weighted by atomic mass is 9.98. The van der Waals surface area contributed by atoms with Crippen molar-refractivity contribution in [2.45, 2.75) is 13.8 Å². The fourth-order valence-electron chi connectivity index (χ4n) is 4.05. The average Bonchev–Trinajstić information content (AvgIpc) is 3.37. The van der Waals surface area contributed by atoms with Crippen LogP contribution in [0.25, 0.3) is 16.2 Å². The molecule has 194 valence electrons. The Morgan fingerprint density at radius 1 is 1.18 bits per heavy atom. The first kappa shape index (κ1) is 25.0. The Hall–Kier alpha value is -4.72. The summed E-state index contributed by atoms with van der Waals surface area (Å²) in [4.78, 5) is 64.7.